The summed E-state index contributed by atoms with van der Waals surface area (Å²) in [7, 11) is 0. The molecule has 0 saturated heterocycles. The second-order valence-electron chi connectivity index (χ2n) is 6.22. The fraction of sp³-hybridized carbons (Fsp3) is 0.625. The number of ether oxygens (including phenoxy) is 1. The highest BCUT2D eigenvalue weighted by atomic mass is 16.7. The first-order chi connectivity index (χ1) is 11.6. The molecule has 130 valence electrons. The maximum absolute atomic E-state index is 12.6. The van der Waals surface area contributed by atoms with E-state index in [0.29, 0.717) is 19.3 Å². The molecule has 2 aliphatic rings. The molecule has 1 spiro atoms. The predicted molar refractivity (Wildman–Crippen MR) is 85.2 cm³/mol. The number of carbonyl (C=O) groups excluding carboxylic acids is 1. The largest absolute Gasteiger partial charge is 0.445 e. The molecule has 0 aromatic carbocycles. The Morgan fingerprint density at radius 3 is 2.75 bits per heavy atom. The highest BCUT2D eigenvalue weighted by Gasteiger charge is 2.49. The molecule has 1 aliphatic carbocycles. The van der Waals surface area contributed by atoms with Gasteiger partial charge >= 0.3 is 5.88 Å². The van der Waals surface area contributed by atoms with Crippen molar-refractivity contribution in [2.75, 3.05) is 0 Å². The van der Waals surface area contributed by atoms with Crippen molar-refractivity contribution in [1.29, 1.82) is 0 Å². The van der Waals surface area contributed by atoms with Crippen LogP contribution < -0.4 is 0 Å². The lowest BCUT2D eigenvalue weighted by molar-refractivity contribution is -0.402. The normalized spacial score (nSPS) is 19.2. The lowest BCUT2D eigenvalue weighted by atomic mass is 9.91. The van der Waals surface area contributed by atoms with Crippen molar-refractivity contribution in [3.05, 3.63) is 28.0 Å². The minimum absolute atomic E-state index is 0.0743. The molecular formula is C16H21N3O5. The van der Waals surface area contributed by atoms with E-state index in [0.717, 1.165) is 32.1 Å². The van der Waals surface area contributed by atoms with E-state index in [-0.39, 0.29) is 23.4 Å². The Hall–Kier alpha value is -2.38. The standard InChI is InChI=1S/C16H21N3O5/c1-2-3-7-13(20)18-16(10-5-4-6-11-16)24-15(17-18)12-8-9-14(23-12)19(21)22/h8-9H,2-7,10-11H2,1H3. The molecule has 0 N–H and O–H groups in total. The lowest BCUT2D eigenvalue weighted by Gasteiger charge is -2.37. The molecule has 1 aromatic heterocycles. The predicted octanol–water partition coefficient (Wildman–Crippen LogP) is 3.56. The number of amides is 1. The van der Waals surface area contributed by atoms with Crippen LogP contribution in [0.4, 0.5) is 5.88 Å². The Kier molecular flexibility index (Phi) is 4.55. The number of nitrogens with zero attached hydrogens (tertiary/aromatic N) is 3. The van der Waals surface area contributed by atoms with Crippen molar-refractivity contribution >= 4 is 17.7 Å². The molecule has 0 radical (unpaired) electrons. The molecule has 24 heavy (non-hydrogen) atoms. The number of hydrogen-bond donors (Lipinski definition) is 0. The molecule has 1 amide bonds. The molecule has 0 unspecified atom stereocenters. The third kappa shape index (κ3) is 3.00. The van der Waals surface area contributed by atoms with Crippen LogP contribution in [0.2, 0.25) is 0 Å². The third-order valence-corrected chi connectivity index (χ3v) is 4.46. The number of hydrogen-bond acceptors (Lipinski definition) is 6. The van der Waals surface area contributed by atoms with E-state index in [1.54, 1.807) is 0 Å². The molecule has 1 aromatic rings. The number of nitro groups is 1. The highest BCUT2D eigenvalue weighted by Crippen LogP contribution is 2.40. The van der Waals surface area contributed by atoms with Gasteiger partial charge in [0, 0.05) is 19.3 Å². The maximum atomic E-state index is 12.6. The number of carbonyl (C=O) groups is 1. The van der Waals surface area contributed by atoms with Crippen LogP contribution in [0, 0.1) is 10.1 Å². The van der Waals surface area contributed by atoms with E-state index in [1.807, 2.05) is 6.92 Å². The van der Waals surface area contributed by atoms with Crippen LogP contribution in [0.1, 0.15) is 64.1 Å². The molecule has 3 rings (SSSR count). The quantitative estimate of drug-likeness (QED) is 0.605. The molecule has 2 heterocycles. The Morgan fingerprint density at radius 2 is 2.12 bits per heavy atom. The lowest BCUT2D eigenvalue weighted by Crippen LogP contribution is -2.48. The number of rotatable bonds is 5. The molecule has 0 bridgehead atoms. The summed E-state index contributed by atoms with van der Waals surface area (Å²) < 4.78 is 11.2. The molecule has 1 aliphatic heterocycles. The second-order valence-corrected chi connectivity index (χ2v) is 6.22. The highest BCUT2D eigenvalue weighted by molar-refractivity contribution is 5.94. The van der Waals surface area contributed by atoms with Gasteiger partial charge in [0.05, 0.1) is 6.07 Å². The van der Waals surface area contributed by atoms with E-state index in [2.05, 4.69) is 5.10 Å². The fourth-order valence-electron chi connectivity index (χ4n) is 3.20. The SMILES string of the molecule is CCCCC(=O)N1N=C(c2ccc([N+](=O)[O-])o2)OC12CCCCC2. The average molecular weight is 335 g/mol. The summed E-state index contributed by atoms with van der Waals surface area (Å²) in [6, 6.07) is 2.71. The first-order valence-corrected chi connectivity index (χ1v) is 8.41. The van der Waals surface area contributed by atoms with E-state index in [9.17, 15) is 14.9 Å². The van der Waals surface area contributed by atoms with Crippen LogP contribution in [0.15, 0.2) is 21.7 Å². The van der Waals surface area contributed by atoms with Gasteiger partial charge in [-0.25, -0.2) is 0 Å². The van der Waals surface area contributed by atoms with Gasteiger partial charge in [0.25, 0.3) is 5.90 Å². The van der Waals surface area contributed by atoms with Crippen molar-refractivity contribution in [2.24, 2.45) is 5.10 Å². The summed E-state index contributed by atoms with van der Waals surface area (Å²) >= 11 is 0. The number of unbranched alkanes of at least 4 members (excludes halogenated alkanes) is 1. The topological polar surface area (TPSA) is 98.2 Å². The fourth-order valence-corrected chi connectivity index (χ4v) is 3.20. The van der Waals surface area contributed by atoms with Crippen LogP contribution in [0.25, 0.3) is 0 Å². The molecule has 0 atom stereocenters. The van der Waals surface area contributed by atoms with Crippen LogP contribution in [-0.2, 0) is 9.53 Å². The summed E-state index contributed by atoms with van der Waals surface area (Å²) in [6.07, 6.45) is 6.57. The first-order valence-electron chi connectivity index (χ1n) is 8.41. The monoisotopic (exact) mass is 335 g/mol. The van der Waals surface area contributed by atoms with Crippen LogP contribution in [-0.4, -0.2) is 27.5 Å². The smallest absolute Gasteiger partial charge is 0.433 e. The van der Waals surface area contributed by atoms with Gasteiger partial charge in [-0.3, -0.25) is 14.9 Å². The average Bonchev–Trinajstić information content (AvgIpc) is 3.19. The van der Waals surface area contributed by atoms with Gasteiger partial charge < -0.3 is 9.15 Å². The van der Waals surface area contributed by atoms with Gasteiger partial charge in [-0.1, -0.05) is 19.8 Å². The van der Waals surface area contributed by atoms with Gasteiger partial charge in [-0.15, -0.1) is 5.10 Å². The van der Waals surface area contributed by atoms with E-state index >= 15 is 0 Å². The van der Waals surface area contributed by atoms with Crippen LogP contribution >= 0.6 is 0 Å². The Balaban J connectivity index is 1.87. The summed E-state index contributed by atoms with van der Waals surface area (Å²) in [4.78, 5) is 22.7. The maximum Gasteiger partial charge on any atom is 0.433 e. The molecule has 8 heteroatoms. The second kappa shape index (κ2) is 6.62. The third-order valence-electron chi connectivity index (χ3n) is 4.46. The minimum Gasteiger partial charge on any atom is -0.445 e. The van der Waals surface area contributed by atoms with E-state index in [1.165, 1.54) is 17.1 Å². The molecule has 8 nitrogen and oxygen atoms in total. The molecule has 1 fully saturated rings. The van der Waals surface area contributed by atoms with Crippen molar-refractivity contribution in [1.82, 2.24) is 5.01 Å². The molecular weight excluding hydrogens is 314 g/mol. The van der Waals surface area contributed by atoms with Crippen molar-refractivity contribution in [2.45, 2.75) is 64.0 Å². The zero-order chi connectivity index (χ0) is 17.2. The summed E-state index contributed by atoms with van der Waals surface area (Å²) in [5.74, 6) is -0.119. The summed E-state index contributed by atoms with van der Waals surface area (Å²) in [5.41, 5.74) is -0.764. The summed E-state index contributed by atoms with van der Waals surface area (Å²) in [6.45, 7) is 2.03. The zero-order valence-corrected chi connectivity index (χ0v) is 13.7. The van der Waals surface area contributed by atoms with Crippen LogP contribution in [0.5, 0.6) is 0 Å². The number of furan rings is 1. The Bertz CT molecular complexity index is 660. The number of hydrazone groups is 1. The Labute approximate surface area is 139 Å². The summed E-state index contributed by atoms with van der Waals surface area (Å²) in [5, 5.41) is 16.6. The van der Waals surface area contributed by atoms with Crippen LogP contribution in [0.3, 0.4) is 0 Å². The minimum atomic E-state index is -0.764. The van der Waals surface area contributed by atoms with Gasteiger partial charge in [0.2, 0.25) is 11.6 Å². The van der Waals surface area contributed by atoms with E-state index in [4.69, 9.17) is 9.15 Å². The van der Waals surface area contributed by atoms with Crippen molar-refractivity contribution < 1.29 is 18.9 Å². The first kappa shape index (κ1) is 16.5. The van der Waals surface area contributed by atoms with Gasteiger partial charge in [0.1, 0.15) is 4.92 Å². The Morgan fingerprint density at radius 1 is 1.38 bits per heavy atom. The van der Waals surface area contributed by atoms with Gasteiger partial charge in [-0.2, -0.15) is 5.01 Å². The van der Waals surface area contributed by atoms with Crippen molar-refractivity contribution in [3.63, 3.8) is 0 Å². The van der Waals surface area contributed by atoms with Crippen molar-refractivity contribution in [3.8, 4) is 0 Å². The van der Waals surface area contributed by atoms with Gasteiger partial charge in [0.15, 0.2) is 5.76 Å². The molecule has 1 saturated carbocycles. The van der Waals surface area contributed by atoms with Gasteiger partial charge in [-0.05, 0) is 25.3 Å². The van der Waals surface area contributed by atoms with E-state index < -0.39 is 10.6 Å². The zero-order valence-electron chi connectivity index (χ0n) is 13.7.